The van der Waals surface area contributed by atoms with Gasteiger partial charge in [-0.2, -0.15) is 0 Å². The normalized spacial score (nSPS) is 60.6. The molecule has 3 aliphatic rings. The first-order valence-electron chi connectivity index (χ1n) is 6.30. The van der Waals surface area contributed by atoms with Gasteiger partial charge >= 0.3 is 0 Å². The summed E-state index contributed by atoms with van der Waals surface area (Å²) in [6.45, 7) is 5.95. The van der Waals surface area contributed by atoms with E-state index < -0.39 is 0 Å². The average Bonchev–Trinajstić information content (AvgIpc) is 2.44. The van der Waals surface area contributed by atoms with Crippen molar-refractivity contribution in [3.05, 3.63) is 0 Å². The lowest BCUT2D eigenvalue weighted by atomic mass is 9.53. The van der Waals surface area contributed by atoms with Gasteiger partial charge in [-0.25, -0.2) is 0 Å². The molecule has 1 heteroatoms. The standard InChI is InChI=1S/C13H23N/c1-9-12(2)5-10-3-4-13(9,8-14)7-11(10)6-12/h9-11H,3-8,14H2,1-2H3. The van der Waals surface area contributed by atoms with E-state index in [-0.39, 0.29) is 0 Å². The molecule has 5 atom stereocenters. The van der Waals surface area contributed by atoms with E-state index >= 15 is 0 Å². The van der Waals surface area contributed by atoms with E-state index in [0.29, 0.717) is 10.8 Å². The molecule has 80 valence electrons. The molecule has 1 nitrogen and oxygen atoms in total. The molecule has 0 aromatic carbocycles. The largest absolute Gasteiger partial charge is 0.330 e. The number of rotatable bonds is 1. The molecular formula is C13H23N. The predicted molar refractivity (Wildman–Crippen MR) is 58.8 cm³/mol. The van der Waals surface area contributed by atoms with E-state index in [9.17, 15) is 0 Å². The summed E-state index contributed by atoms with van der Waals surface area (Å²) in [6.07, 6.45) is 7.34. The van der Waals surface area contributed by atoms with Crippen LogP contribution in [-0.4, -0.2) is 6.54 Å². The lowest BCUT2D eigenvalue weighted by Gasteiger charge is -2.52. The minimum atomic E-state index is 0.532. The van der Waals surface area contributed by atoms with Gasteiger partial charge in [-0.1, -0.05) is 13.8 Å². The van der Waals surface area contributed by atoms with Gasteiger partial charge in [0.05, 0.1) is 0 Å². The van der Waals surface area contributed by atoms with Crippen LogP contribution in [0.15, 0.2) is 0 Å². The Balaban J connectivity index is 2.04. The smallest absolute Gasteiger partial charge is 0.00177 e. The van der Waals surface area contributed by atoms with E-state index in [1.165, 1.54) is 32.1 Å². The average molecular weight is 193 g/mol. The molecule has 0 aliphatic heterocycles. The second-order valence-corrected chi connectivity index (χ2v) is 6.61. The Labute approximate surface area is 87.4 Å². The predicted octanol–water partition coefficient (Wildman–Crippen LogP) is 2.80. The van der Waals surface area contributed by atoms with Gasteiger partial charge in [0.1, 0.15) is 0 Å². The van der Waals surface area contributed by atoms with Crippen molar-refractivity contribution in [3.8, 4) is 0 Å². The van der Waals surface area contributed by atoms with Gasteiger partial charge in [-0.05, 0) is 67.2 Å². The zero-order valence-corrected chi connectivity index (χ0v) is 9.55. The van der Waals surface area contributed by atoms with E-state index in [2.05, 4.69) is 13.8 Å². The summed E-state index contributed by atoms with van der Waals surface area (Å²) in [7, 11) is 0. The van der Waals surface area contributed by atoms with Crippen LogP contribution in [0.4, 0.5) is 0 Å². The summed E-state index contributed by atoms with van der Waals surface area (Å²) in [6, 6.07) is 0. The molecule has 5 unspecified atom stereocenters. The summed E-state index contributed by atoms with van der Waals surface area (Å²) in [4.78, 5) is 0. The fraction of sp³-hybridized carbons (Fsp3) is 1.00. The highest BCUT2D eigenvalue weighted by atomic mass is 14.7. The Bertz CT molecular complexity index is 262. The van der Waals surface area contributed by atoms with Crippen LogP contribution < -0.4 is 5.73 Å². The van der Waals surface area contributed by atoms with Gasteiger partial charge in [0.2, 0.25) is 0 Å². The highest BCUT2D eigenvalue weighted by molar-refractivity contribution is 5.10. The van der Waals surface area contributed by atoms with E-state index in [4.69, 9.17) is 5.73 Å². The molecule has 0 saturated heterocycles. The fourth-order valence-electron chi connectivity index (χ4n) is 5.14. The van der Waals surface area contributed by atoms with Crippen LogP contribution >= 0.6 is 0 Å². The lowest BCUT2D eigenvalue weighted by Crippen LogP contribution is -2.48. The van der Waals surface area contributed by atoms with Crippen LogP contribution in [0.1, 0.15) is 46.0 Å². The monoisotopic (exact) mass is 193 g/mol. The summed E-state index contributed by atoms with van der Waals surface area (Å²) >= 11 is 0. The van der Waals surface area contributed by atoms with E-state index in [0.717, 1.165) is 24.3 Å². The molecule has 3 bridgehead atoms. The molecule has 0 aromatic rings. The third-order valence-corrected chi connectivity index (χ3v) is 6.18. The van der Waals surface area contributed by atoms with Crippen molar-refractivity contribution in [1.29, 1.82) is 0 Å². The van der Waals surface area contributed by atoms with Gasteiger partial charge in [0.15, 0.2) is 0 Å². The summed E-state index contributed by atoms with van der Waals surface area (Å²) in [5.74, 6) is 2.96. The first kappa shape index (κ1) is 9.21. The molecule has 0 heterocycles. The van der Waals surface area contributed by atoms with Crippen molar-refractivity contribution in [1.82, 2.24) is 0 Å². The van der Waals surface area contributed by atoms with Crippen LogP contribution in [0.5, 0.6) is 0 Å². The van der Waals surface area contributed by atoms with E-state index in [1.54, 1.807) is 0 Å². The Morgan fingerprint density at radius 2 is 1.93 bits per heavy atom. The van der Waals surface area contributed by atoms with Gasteiger partial charge in [0, 0.05) is 0 Å². The van der Waals surface area contributed by atoms with Gasteiger partial charge in [0.25, 0.3) is 0 Å². The quantitative estimate of drug-likeness (QED) is 0.681. The molecule has 3 saturated carbocycles. The van der Waals surface area contributed by atoms with Crippen LogP contribution in [0, 0.1) is 28.6 Å². The lowest BCUT2D eigenvalue weighted by molar-refractivity contribution is -0.0198. The first-order chi connectivity index (χ1) is 6.60. The SMILES string of the molecule is CC1C2(C)CC3CCC1(CN)CC3C2. The summed E-state index contributed by atoms with van der Waals surface area (Å²) in [5.41, 5.74) is 7.25. The number of hydrogen-bond acceptors (Lipinski definition) is 1. The molecule has 3 fully saturated rings. The zero-order valence-electron chi connectivity index (χ0n) is 9.55. The van der Waals surface area contributed by atoms with Gasteiger partial charge in [-0.15, -0.1) is 0 Å². The van der Waals surface area contributed by atoms with Crippen molar-refractivity contribution < 1.29 is 0 Å². The molecule has 0 aromatic heterocycles. The Kier molecular flexibility index (Phi) is 1.68. The van der Waals surface area contributed by atoms with Crippen molar-refractivity contribution in [2.45, 2.75) is 46.0 Å². The maximum atomic E-state index is 6.07. The second-order valence-electron chi connectivity index (χ2n) is 6.61. The zero-order chi connectivity index (χ0) is 9.97. The first-order valence-corrected chi connectivity index (χ1v) is 6.30. The van der Waals surface area contributed by atoms with Crippen LogP contribution in [0.3, 0.4) is 0 Å². The molecule has 0 amide bonds. The molecular weight excluding hydrogens is 170 g/mol. The second kappa shape index (κ2) is 2.55. The van der Waals surface area contributed by atoms with Crippen LogP contribution in [-0.2, 0) is 0 Å². The highest BCUT2D eigenvalue weighted by Crippen LogP contribution is 2.68. The topological polar surface area (TPSA) is 26.0 Å². The molecule has 2 N–H and O–H groups in total. The Morgan fingerprint density at radius 3 is 2.64 bits per heavy atom. The van der Waals surface area contributed by atoms with Crippen LogP contribution in [0.2, 0.25) is 0 Å². The molecule has 3 rings (SSSR count). The van der Waals surface area contributed by atoms with Crippen molar-refractivity contribution in [2.75, 3.05) is 6.54 Å². The molecule has 3 aliphatic carbocycles. The van der Waals surface area contributed by atoms with Crippen molar-refractivity contribution >= 4 is 0 Å². The Morgan fingerprint density at radius 1 is 1.21 bits per heavy atom. The maximum absolute atomic E-state index is 6.07. The van der Waals surface area contributed by atoms with E-state index in [1.807, 2.05) is 0 Å². The maximum Gasteiger partial charge on any atom is -0.00177 e. The van der Waals surface area contributed by atoms with Crippen LogP contribution in [0.25, 0.3) is 0 Å². The number of nitrogens with two attached hydrogens (primary N) is 1. The number of fused-ring (bicyclic) bond motifs is 2. The molecule has 14 heavy (non-hydrogen) atoms. The third kappa shape index (κ3) is 0.900. The highest BCUT2D eigenvalue weighted by Gasteiger charge is 2.60. The van der Waals surface area contributed by atoms with Crippen molar-refractivity contribution in [3.63, 3.8) is 0 Å². The minimum absolute atomic E-state index is 0.532. The van der Waals surface area contributed by atoms with Gasteiger partial charge in [-0.3, -0.25) is 0 Å². The van der Waals surface area contributed by atoms with Gasteiger partial charge < -0.3 is 5.73 Å². The third-order valence-electron chi connectivity index (χ3n) is 6.18. The molecule has 0 radical (unpaired) electrons. The summed E-state index contributed by atoms with van der Waals surface area (Å²) < 4.78 is 0. The fourth-order valence-corrected chi connectivity index (χ4v) is 5.14. The number of hydrogen-bond donors (Lipinski definition) is 1. The van der Waals surface area contributed by atoms with Crippen molar-refractivity contribution in [2.24, 2.45) is 34.3 Å². The minimum Gasteiger partial charge on any atom is -0.330 e. The molecule has 0 spiro atoms. The Hall–Kier alpha value is -0.0400. The summed E-state index contributed by atoms with van der Waals surface area (Å²) in [5, 5.41) is 0.